The van der Waals surface area contributed by atoms with Crippen molar-refractivity contribution in [3.63, 3.8) is 0 Å². The number of benzene rings is 3. The Labute approximate surface area is 217 Å². The highest BCUT2D eigenvalue weighted by molar-refractivity contribution is 6.31. The number of nitrogens with one attached hydrogen (secondary N) is 1. The van der Waals surface area contributed by atoms with Crippen molar-refractivity contribution >= 4 is 35.2 Å². The molecule has 1 N–H and O–H groups in total. The highest BCUT2D eigenvalue weighted by Crippen LogP contribution is 2.35. The van der Waals surface area contributed by atoms with Crippen LogP contribution in [0.2, 0.25) is 0 Å². The van der Waals surface area contributed by atoms with Gasteiger partial charge in [0.15, 0.2) is 11.5 Å². The van der Waals surface area contributed by atoms with E-state index in [-0.39, 0.29) is 16.7 Å². The van der Waals surface area contributed by atoms with Gasteiger partial charge in [-0.25, -0.2) is 9.80 Å². The highest BCUT2D eigenvalue weighted by atomic mass is 16.6. The molecule has 1 aliphatic rings. The molecule has 38 heavy (non-hydrogen) atoms. The molecule has 0 aliphatic carbocycles. The van der Waals surface area contributed by atoms with Crippen molar-refractivity contribution in [2.24, 2.45) is 0 Å². The third-order valence-electron chi connectivity index (χ3n) is 5.40. The first-order valence-corrected chi connectivity index (χ1v) is 11.7. The van der Waals surface area contributed by atoms with Crippen LogP contribution in [-0.2, 0) is 9.59 Å². The van der Waals surface area contributed by atoms with E-state index in [9.17, 15) is 24.5 Å². The summed E-state index contributed by atoms with van der Waals surface area (Å²) >= 11 is 0. The zero-order chi connectivity index (χ0) is 27.2. The number of hydrogen-bond donors (Lipinski definition) is 1. The third kappa shape index (κ3) is 5.31. The molecule has 4 rings (SSSR count). The normalized spacial score (nSPS) is 13.8. The number of amides is 2. The smallest absolute Gasteiger partial charge is 0.343 e. The lowest BCUT2D eigenvalue weighted by molar-refractivity contribution is -0.385. The van der Waals surface area contributed by atoms with E-state index in [1.807, 2.05) is 0 Å². The van der Waals surface area contributed by atoms with E-state index in [1.54, 1.807) is 44.2 Å². The minimum absolute atomic E-state index is 0.00284. The van der Waals surface area contributed by atoms with E-state index in [2.05, 4.69) is 5.43 Å². The number of para-hydroxylation sites is 2. The van der Waals surface area contributed by atoms with Gasteiger partial charge in [0, 0.05) is 11.6 Å². The number of anilines is 1. The minimum atomic E-state index is -0.906. The molecule has 0 radical (unpaired) electrons. The van der Waals surface area contributed by atoms with Crippen molar-refractivity contribution in [2.45, 2.75) is 13.8 Å². The van der Waals surface area contributed by atoms with E-state index in [0.29, 0.717) is 30.4 Å². The van der Waals surface area contributed by atoms with E-state index in [4.69, 9.17) is 14.2 Å². The average Bonchev–Trinajstić information content (AvgIpc) is 3.19. The molecule has 3 aromatic carbocycles. The van der Waals surface area contributed by atoms with Gasteiger partial charge in [0.05, 0.1) is 29.4 Å². The molecule has 0 bridgehead atoms. The average molecular weight is 517 g/mol. The van der Waals surface area contributed by atoms with Crippen LogP contribution < -0.4 is 24.6 Å². The molecule has 0 unspecified atom stereocenters. The van der Waals surface area contributed by atoms with Crippen LogP contribution in [0.5, 0.6) is 17.2 Å². The summed E-state index contributed by atoms with van der Waals surface area (Å²) in [7, 11) is 0. The maximum absolute atomic E-state index is 13.1. The minimum Gasteiger partial charge on any atom is -0.490 e. The number of esters is 1. The molecule has 1 heterocycles. The monoisotopic (exact) mass is 517 g/mol. The standard InChI is InChI=1S/C27H23N3O8/c1-3-36-22-14-13-18(16-23(22)37-4-2)27(33)38-24-17(9-8-12-21(24)30(34)35)15-20-25(31)28-29(26(20)32)19-10-6-5-7-11-19/h5-16H,3-4H2,1-2H3,(H,28,31)/b20-15-. The van der Waals surface area contributed by atoms with Gasteiger partial charge in [-0.2, -0.15) is 0 Å². The Kier molecular flexibility index (Phi) is 7.66. The fraction of sp³-hybridized carbons (Fsp3) is 0.148. The summed E-state index contributed by atoms with van der Waals surface area (Å²) in [5.41, 5.74) is 2.13. The summed E-state index contributed by atoms with van der Waals surface area (Å²) in [4.78, 5) is 49.7. The lowest BCUT2D eigenvalue weighted by Crippen LogP contribution is -2.35. The zero-order valence-electron chi connectivity index (χ0n) is 20.5. The first kappa shape index (κ1) is 25.9. The quantitative estimate of drug-likeness (QED) is 0.112. The summed E-state index contributed by atoms with van der Waals surface area (Å²) in [6.45, 7) is 4.27. The molecule has 11 nitrogen and oxygen atoms in total. The molecular formula is C27H23N3O8. The zero-order valence-corrected chi connectivity index (χ0v) is 20.5. The predicted molar refractivity (Wildman–Crippen MR) is 137 cm³/mol. The van der Waals surface area contributed by atoms with Crippen molar-refractivity contribution < 1.29 is 33.5 Å². The van der Waals surface area contributed by atoms with Crippen LogP contribution in [0, 0.1) is 10.1 Å². The van der Waals surface area contributed by atoms with Crippen molar-refractivity contribution in [3.8, 4) is 17.2 Å². The van der Waals surface area contributed by atoms with Crippen molar-refractivity contribution in [3.05, 3.63) is 93.5 Å². The SMILES string of the molecule is CCOc1ccc(C(=O)Oc2c(/C=C3/C(=O)NN(c4ccccc4)C3=O)cccc2[N+](=O)[O-])cc1OCC. The van der Waals surface area contributed by atoms with Gasteiger partial charge in [0.1, 0.15) is 5.57 Å². The van der Waals surface area contributed by atoms with Gasteiger partial charge in [-0.3, -0.25) is 25.1 Å². The first-order chi connectivity index (χ1) is 18.3. The summed E-state index contributed by atoms with van der Waals surface area (Å²) in [6, 6.07) is 16.7. The fourth-order valence-corrected chi connectivity index (χ4v) is 3.71. The van der Waals surface area contributed by atoms with Gasteiger partial charge in [-0.05, 0) is 50.3 Å². The molecule has 3 aromatic rings. The summed E-state index contributed by atoms with van der Waals surface area (Å²) < 4.78 is 16.5. The van der Waals surface area contributed by atoms with Gasteiger partial charge >= 0.3 is 11.7 Å². The number of nitrogens with zero attached hydrogens (tertiary/aromatic N) is 2. The van der Waals surface area contributed by atoms with Crippen LogP contribution in [0.4, 0.5) is 11.4 Å². The van der Waals surface area contributed by atoms with E-state index < -0.39 is 34.1 Å². The third-order valence-corrected chi connectivity index (χ3v) is 5.40. The molecule has 2 amide bonds. The Hall–Kier alpha value is -5.19. The van der Waals surface area contributed by atoms with Crippen LogP contribution in [0.25, 0.3) is 6.08 Å². The number of hydrogen-bond acceptors (Lipinski definition) is 8. The molecule has 11 heteroatoms. The molecule has 194 valence electrons. The molecule has 0 aromatic heterocycles. The van der Waals surface area contributed by atoms with Gasteiger partial charge in [-0.15, -0.1) is 0 Å². The fourth-order valence-electron chi connectivity index (χ4n) is 3.71. The lowest BCUT2D eigenvalue weighted by atomic mass is 10.1. The number of carbonyl (C=O) groups is 3. The van der Waals surface area contributed by atoms with Crippen molar-refractivity contribution in [1.82, 2.24) is 5.43 Å². The molecular weight excluding hydrogens is 494 g/mol. The van der Waals surface area contributed by atoms with Crippen molar-refractivity contribution in [1.29, 1.82) is 0 Å². The molecule has 0 saturated carbocycles. The largest absolute Gasteiger partial charge is 0.490 e. The second kappa shape index (κ2) is 11.2. The molecule has 0 spiro atoms. The molecule has 0 atom stereocenters. The van der Waals surface area contributed by atoms with Crippen molar-refractivity contribution in [2.75, 3.05) is 18.2 Å². The Balaban J connectivity index is 1.70. The van der Waals surface area contributed by atoms with Crippen LogP contribution in [0.15, 0.2) is 72.3 Å². The van der Waals surface area contributed by atoms with Crippen LogP contribution in [0.3, 0.4) is 0 Å². The van der Waals surface area contributed by atoms with E-state index >= 15 is 0 Å². The molecule has 1 aliphatic heterocycles. The Morgan fingerprint density at radius 2 is 1.68 bits per heavy atom. The summed E-state index contributed by atoms with van der Waals surface area (Å²) in [6.07, 6.45) is 1.15. The molecule has 1 saturated heterocycles. The Morgan fingerprint density at radius 3 is 2.37 bits per heavy atom. The van der Waals surface area contributed by atoms with Gasteiger partial charge in [0.25, 0.3) is 11.8 Å². The topological polar surface area (TPSA) is 137 Å². The number of carbonyl (C=O) groups excluding carboxylic acids is 3. The number of ether oxygens (including phenoxy) is 3. The van der Waals surface area contributed by atoms with Gasteiger partial charge in [0.2, 0.25) is 5.75 Å². The maximum atomic E-state index is 13.1. The summed E-state index contributed by atoms with van der Waals surface area (Å²) in [5, 5.41) is 12.8. The van der Waals surface area contributed by atoms with Gasteiger partial charge in [-0.1, -0.05) is 30.3 Å². The lowest BCUT2D eigenvalue weighted by Gasteiger charge is -2.14. The Morgan fingerprint density at radius 1 is 0.974 bits per heavy atom. The van der Waals surface area contributed by atoms with Crippen LogP contribution in [0.1, 0.15) is 29.8 Å². The number of hydrazine groups is 1. The highest BCUT2D eigenvalue weighted by Gasteiger charge is 2.35. The maximum Gasteiger partial charge on any atom is 0.343 e. The number of nitro benzene ring substituents is 1. The van der Waals surface area contributed by atoms with Gasteiger partial charge < -0.3 is 14.2 Å². The van der Waals surface area contributed by atoms with Crippen LogP contribution >= 0.6 is 0 Å². The number of rotatable bonds is 9. The molecule has 1 fully saturated rings. The summed E-state index contributed by atoms with van der Waals surface area (Å²) in [5.74, 6) is -1.97. The predicted octanol–water partition coefficient (Wildman–Crippen LogP) is 4.07. The first-order valence-electron chi connectivity index (χ1n) is 11.7. The number of nitro groups is 1. The second-order valence-corrected chi connectivity index (χ2v) is 7.84. The van der Waals surface area contributed by atoms with E-state index in [1.165, 1.54) is 30.3 Å². The van der Waals surface area contributed by atoms with E-state index in [0.717, 1.165) is 17.2 Å². The van der Waals surface area contributed by atoms with Crippen LogP contribution in [-0.4, -0.2) is 35.9 Å². The Bertz CT molecular complexity index is 1440. The second-order valence-electron chi connectivity index (χ2n) is 7.84.